The zero-order chi connectivity index (χ0) is 21.0. The lowest BCUT2D eigenvalue weighted by atomic mass is 9.76. The second-order valence-electron chi connectivity index (χ2n) is 7.42. The topological polar surface area (TPSA) is 24.4 Å². The van der Waals surface area contributed by atoms with Crippen LogP contribution in [0.25, 0.3) is 0 Å². The van der Waals surface area contributed by atoms with E-state index in [2.05, 4.69) is 10.3 Å². The van der Waals surface area contributed by atoms with Crippen LogP contribution in [0.5, 0.6) is 0 Å². The highest BCUT2D eigenvalue weighted by Gasteiger charge is 2.58. The minimum Gasteiger partial charge on any atom is -0.310 e. The molecule has 0 bridgehead atoms. The standard InChI is InChI=1S/C20H15Cl3F4N2/c21-14-5-13(6-15(22)17(14)23)18(20(25,26)27)7-16(29-8-18)11-1-3-12(4-2-11)19(24)9-28-10-19/h1-6,28H,7-10H2. The molecule has 2 heterocycles. The molecule has 2 aromatic rings. The van der Waals surface area contributed by atoms with Crippen molar-refractivity contribution in [2.45, 2.75) is 23.7 Å². The molecule has 1 fully saturated rings. The summed E-state index contributed by atoms with van der Waals surface area (Å²) in [7, 11) is 0. The number of alkyl halides is 4. The van der Waals surface area contributed by atoms with Crippen LogP contribution < -0.4 is 5.32 Å². The lowest BCUT2D eigenvalue weighted by Gasteiger charge is -2.35. The number of nitrogens with zero attached hydrogens (tertiary/aromatic N) is 1. The first-order valence-corrected chi connectivity index (χ1v) is 9.95. The largest absolute Gasteiger partial charge is 0.400 e. The average molecular weight is 466 g/mol. The first kappa shape index (κ1) is 20.9. The molecule has 1 atom stereocenters. The Kier molecular flexibility index (Phi) is 5.13. The Morgan fingerprint density at radius 2 is 1.52 bits per heavy atom. The maximum Gasteiger partial charge on any atom is 0.400 e. The summed E-state index contributed by atoms with van der Waals surface area (Å²) in [6, 6.07) is 8.82. The fraction of sp³-hybridized carbons (Fsp3) is 0.350. The maximum absolute atomic E-state index is 14.5. The third-order valence-corrected chi connectivity index (χ3v) is 6.83. The highest BCUT2D eigenvalue weighted by atomic mass is 35.5. The van der Waals surface area contributed by atoms with Gasteiger partial charge in [0, 0.05) is 25.2 Å². The van der Waals surface area contributed by atoms with Crippen molar-refractivity contribution in [3.05, 3.63) is 68.2 Å². The molecular formula is C20H15Cl3F4N2. The summed E-state index contributed by atoms with van der Waals surface area (Å²) >= 11 is 17.9. The van der Waals surface area contributed by atoms with Gasteiger partial charge < -0.3 is 5.32 Å². The second kappa shape index (κ2) is 7.12. The highest BCUT2D eigenvalue weighted by molar-refractivity contribution is 6.48. The minimum absolute atomic E-state index is 0.00905. The Labute approximate surface area is 179 Å². The van der Waals surface area contributed by atoms with Gasteiger partial charge in [-0.25, -0.2) is 4.39 Å². The molecule has 0 aliphatic carbocycles. The number of benzene rings is 2. The van der Waals surface area contributed by atoms with Crippen molar-refractivity contribution in [2.24, 2.45) is 4.99 Å². The molecule has 29 heavy (non-hydrogen) atoms. The third-order valence-electron chi connectivity index (χ3n) is 5.63. The van der Waals surface area contributed by atoms with Gasteiger partial charge in [-0.1, -0.05) is 59.1 Å². The predicted octanol–water partition coefficient (Wildman–Crippen LogP) is 6.11. The van der Waals surface area contributed by atoms with Gasteiger partial charge >= 0.3 is 6.18 Å². The number of rotatable bonds is 3. The van der Waals surface area contributed by atoms with Crippen LogP contribution in [-0.2, 0) is 11.1 Å². The van der Waals surface area contributed by atoms with Gasteiger partial charge in [0.25, 0.3) is 0 Å². The van der Waals surface area contributed by atoms with E-state index in [0.717, 1.165) is 0 Å². The third kappa shape index (κ3) is 3.44. The van der Waals surface area contributed by atoms with Gasteiger partial charge in [-0.05, 0) is 28.8 Å². The fourth-order valence-electron chi connectivity index (χ4n) is 3.71. The van der Waals surface area contributed by atoms with E-state index < -0.39 is 23.8 Å². The van der Waals surface area contributed by atoms with Crippen LogP contribution in [-0.4, -0.2) is 31.5 Å². The van der Waals surface area contributed by atoms with E-state index in [1.54, 1.807) is 24.3 Å². The molecule has 0 saturated carbocycles. The molecule has 1 saturated heterocycles. The minimum atomic E-state index is -4.58. The summed E-state index contributed by atoms with van der Waals surface area (Å²) in [6.45, 7) is -0.0377. The Morgan fingerprint density at radius 1 is 0.931 bits per heavy atom. The summed E-state index contributed by atoms with van der Waals surface area (Å²) in [5.41, 5.74) is -2.43. The normalized spacial score (nSPS) is 23.6. The van der Waals surface area contributed by atoms with Gasteiger partial charge in [-0.15, -0.1) is 0 Å². The number of halogens is 7. The SMILES string of the molecule is FC1(c2ccc(C3=NCC(c4cc(Cl)c(Cl)c(Cl)c4)(C(F)(F)F)C3)cc2)CNC1. The fourth-order valence-corrected chi connectivity index (χ4v) is 4.31. The van der Waals surface area contributed by atoms with Gasteiger partial charge in [0.2, 0.25) is 0 Å². The highest BCUT2D eigenvalue weighted by Crippen LogP contribution is 2.49. The monoisotopic (exact) mass is 464 g/mol. The van der Waals surface area contributed by atoms with E-state index in [9.17, 15) is 17.6 Å². The summed E-state index contributed by atoms with van der Waals surface area (Å²) < 4.78 is 57.0. The van der Waals surface area contributed by atoms with Crippen molar-refractivity contribution in [3.63, 3.8) is 0 Å². The molecule has 2 aromatic carbocycles. The van der Waals surface area contributed by atoms with E-state index in [1.807, 2.05) is 0 Å². The van der Waals surface area contributed by atoms with Crippen molar-refractivity contribution in [3.8, 4) is 0 Å². The van der Waals surface area contributed by atoms with Gasteiger partial charge in [-0.3, -0.25) is 4.99 Å². The van der Waals surface area contributed by atoms with Crippen LogP contribution in [0.4, 0.5) is 17.6 Å². The molecule has 4 rings (SSSR count). The van der Waals surface area contributed by atoms with Crippen molar-refractivity contribution in [1.82, 2.24) is 5.32 Å². The maximum atomic E-state index is 14.5. The Bertz CT molecular complexity index is 961. The quantitative estimate of drug-likeness (QED) is 0.429. The molecular weight excluding hydrogens is 451 g/mol. The summed E-state index contributed by atoms with van der Waals surface area (Å²) in [6.07, 6.45) is -4.95. The predicted molar refractivity (Wildman–Crippen MR) is 107 cm³/mol. The summed E-state index contributed by atoms with van der Waals surface area (Å²) in [4.78, 5) is 4.18. The zero-order valence-electron chi connectivity index (χ0n) is 14.9. The van der Waals surface area contributed by atoms with Crippen LogP contribution in [0.1, 0.15) is 23.1 Å². The second-order valence-corrected chi connectivity index (χ2v) is 8.61. The Morgan fingerprint density at radius 3 is 2.00 bits per heavy atom. The smallest absolute Gasteiger partial charge is 0.310 e. The number of aliphatic imine (C=N–C) groups is 1. The molecule has 9 heteroatoms. The first-order chi connectivity index (χ1) is 13.6. The van der Waals surface area contributed by atoms with Gasteiger partial charge in [-0.2, -0.15) is 13.2 Å². The molecule has 1 unspecified atom stereocenters. The van der Waals surface area contributed by atoms with Crippen molar-refractivity contribution in [1.29, 1.82) is 0 Å². The van der Waals surface area contributed by atoms with Crippen molar-refractivity contribution in [2.75, 3.05) is 19.6 Å². The number of hydrogen-bond donors (Lipinski definition) is 1. The first-order valence-electron chi connectivity index (χ1n) is 8.81. The molecule has 154 valence electrons. The summed E-state index contributed by atoms with van der Waals surface area (Å²) in [5.74, 6) is 0. The van der Waals surface area contributed by atoms with E-state index in [0.29, 0.717) is 16.8 Å². The van der Waals surface area contributed by atoms with E-state index >= 15 is 0 Å². The van der Waals surface area contributed by atoms with Crippen molar-refractivity contribution < 1.29 is 17.6 Å². The molecule has 2 aliphatic rings. The average Bonchev–Trinajstić information content (AvgIpc) is 3.11. The molecule has 0 radical (unpaired) electrons. The Hall–Kier alpha value is -1.34. The number of nitrogens with one attached hydrogen (secondary N) is 1. The van der Waals surface area contributed by atoms with E-state index in [4.69, 9.17) is 34.8 Å². The lowest BCUT2D eigenvalue weighted by molar-refractivity contribution is -0.183. The van der Waals surface area contributed by atoms with E-state index in [1.165, 1.54) is 12.1 Å². The lowest BCUT2D eigenvalue weighted by Crippen LogP contribution is -2.53. The van der Waals surface area contributed by atoms with Crippen LogP contribution in [0.2, 0.25) is 15.1 Å². The van der Waals surface area contributed by atoms with Gasteiger partial charge in [0.1, 0.15) is 5.41 Å². The van der Waals surface area contributed by atoms with E-state index in [-0.39, 0.29) is 40.1 Å². The summed E-state index contributed by atoms with van der Waals surface area (Å²) in [5, 5.41) is 2.80. The Balaban J connectivity index is 1.67. The van der Waals surface area contributed by atoms with Crippen LogP contribution in [0.15, 0.2) is 41.4 Å². The molecule has 2 aliphatic heterocycles. The van der Waals surface area contributed by atoms with Gasteiger partial charge in [0.15, 0.2) is 5.67 Å². The van der Waals surface area contributed by atoms with Crippen molar-refractivity contribution >= 4 is 40.5 Å². The van der Waals surface area contributed by atoms with Crippen LogP contribution >= 0.6 is 34.8 Å². The molecule has 1 N–H and O–H groups in total. The molecule has 2 nitrogen and oxygen atoms in total. The zero-order valence-corrected chi connectivity index (χ0v) is 17.2. The molecule has 0 aromatic heterocycles. The number of hydrogen-bond acceptors (Lipinski definition) is 2. The molecule has 0 amide bonds. The van der Waals surface area contributed by atoms with Crippen LogP contribution in [0.3, 0.4) is 0 Å². The van der Waals surface area contributed by atoms with Gasteiger partial charge in [0.05, 0.1) is 21.6 Å². The molecule has 0 spiro atoms. The van der Waals surface area contributed by atoms with Crippen LogP contribution in [0, 0.1) is 0 Å².